The number of nitrogens with one attached hydrogen (secondary N) is 1. The van der Waals surface area contributed by atoms with Crippen molar-refractivity contribution in [3.05, 3.63) is 59.9 Å². The number of carbonyl (C=O) groups excluding carboxylic acids is 2. The summed E-state index contributed by atoms with van der Waals surface area (Å²) < 4.78 is 5.13. The van der Waals surface area contributed by atoms with Crippen molar-refractivity contribution in [3.8, 4) is 5.75 Å². The molecule has 132 valence electrons. The van der Waals surface area contributed by atoms with Crippen LogP contribution in [0.5, 0.6) is 5.75 Å². The Kier molecular flexibility index (Phi) is 6.95. The fourth-order valence-corrected chi connectivity index (χ4v) is 2.34. The lowest BCUT2D eigenvalue weighted by Crippen LogP contribution is -2.40. The van der Waals surface area contributed by atoms with Gasteiger partial charge in [-0.05, 0) is 35.7 Å². The van der Waals surface area contributed by atoms with E-state index in [1.54, 1.807) is 24.4 Å². The van der Waals surface area contributed by atoms with Gasteiger partial charge in [-0.25, -0.2) is 0 Å². The maximum absolute atomic E-state index is 12.1. The monoisotopic (exact) mass is 341 g/mol. The molecular formula is C19H23N3O3. The Morgan fingerprint density at radius 3 is 2.52 bits per heavy atom. The van der Waals surface area contributed by atoms with Gasteiger partial charge >= 0.3 is 0 Å². The van der Waals surface area contributed by atoms with E-state index in [1.165, 1.54) is 6.92 Å². The maximum atomic E-state index is 12.1. The van der Waals surface area contributed by atoms with Gasteiger partial charge < -0.3 is 15.0 Å². The molecule has 2 aromatic rings. The molecule has 0 radical (unpaired) electrons. The second kappa shape index (κ2) is 9.42. The highest BCUT2D eigenvalue weighted by Gasteiger charge is 2.13. The van der Waals surface area contributed by atoms with Gasteiger partial charge in [0.15, 0.2) is 0 Å². The van der Waals surface area contributed by atoms with Gasteiger partial charge in [0.05, 0.1) is 13.7 Å². The quantitative estimate of drug-likeness (QED) is 0.795. The van der Waals surface area contributed by atoms with Gasteiger partial charge in [-0.15, -0.1) is 0 Å². The van der Waals surface area contributed by atoms with Crippen molar-refractivity contribution in [2.45, 2.75) is 19.9 Å². The van der Waals surface area contributed by atoms with Gasteiger partial charge in [0.1, 0.15) is 5.75 Å². The third kappa shape index (κ3) is 6.25. The van der Waals surface area contributed by atoms with E-state index in [2.05, 4.69) is 10.3 Å². The summed E-state index contributed by atoms with van der Waals surface area (Å²) in [6.45, 7) is 2.41. The zero-order valence-electron chi connectivity index (χ0n) is 14.6. The van der Waals surface area contributed by atoms with E-state index in [4.69, 9.17) is 4.74 Å². The average molecular weight is 341 g/mol. The number of aromatic nitrogens is 1. The first-order valence-corrected chi connectivity index (χ1v) is 8.12. The molecule has 0 unspecified atom stereocenters. The molecule has 2 rings (SSSR count). The van der Waals surface area contributed by atoms with E-state index < -0.39 is 0 Å². The van der Waals surface area contributed by atoms with Crippen LogP contribution < -0.4 is 10.1 Å². The molecule has 0 aliphatic carbocycles. The van der Waals surface area contributed by atoms with Gasteiger partial charge in [0.25, 0.3) is 0 Å². The number of pyridine rings is 1. The molecule has 1 aromatic heterocycles. The highest BCUT2D eigenvalue weighted by molar-refractivity contribution is 5.83. The number of amides is 2. The summed E-state index contributed by atoms with van der Waals surface area (Å²) in [5.41, 5.74) is 2.01. The molecule has 0 fully saturated rings. The Labute approximate surface area is 147 Å². The molecule has 1 heterocycles. The maximum Gasteiger partial charge on any atom is 0.239 e. The SMILES string of the molecule is COc1ccc(CCN(CC(=O)NCc2cccnc2)C(C)=O)cc1. The summed E-state index contributed by atoms with van der Waals surface area (Å²) in [7, 11) is 1.62. The standard InChI is InChI=1S/C19H23N3O3/c1-15(23)22(11-9-16-5-7-18(25-2)8-6-16)14-19(24)21-13-17-4-3-10-20-12-17/h3-8,10,12H,9,11,13-14H2,1-2H3,(H,21,24). The van der Waals surface area contributed by atoms with Crippen LogP contribution in [-0.4, -0.2) is 41.9 Å². The van der Waals surface area contributed by atoms with Gasteiger partial charge in [-0.1, -0.05) is 18.2 Å². The Morgan fingerprint density at radius 2 is 1.92 bits per heavy atom. The molecule has 6 heteroatoms. The van der Waals surface area contributed by atoms with E-state index in [-0.39, 0.29) is 18.4 Å². The molecule has 1 aromatic carbocycles. The minimum Gasteiger partial charge on any atom is -0.497 e. The fourth-order valence-electron chi connectivity index (χ4n) is 2.34. The Balaban J connectivity index is 1.82. The summed E-state index contributed by atoms with van der Waals surface area (Å²) in [6.07, 6.45) is 4.06. The first-order chi connectivity index (χ1) is 12.1. The van der Waals surface area contributed by atoms with Crippen LogP contribution in [0.25, 0.3) is 0 Å². The number of nitrogens with zero attached hydrogens (tertiary/aromatic N) is 2. The summed E-state index contributed by atoms with van der Waals surface area (Å²) in [4.78, 5) is 29.4. The van der Waals surface area contributed by atoms with E-state index in [1.807, 2.05) is 36.4 Å². The molecule has 25 heavy (non-hydrogen) atoms. The van der Waals surface area contributed by atoms with Crippen molar-refractivity contribution in [1.82, 2.24) is 15.2 Å². The minimum atomic E-state index is -0.186. The molecule has 1 N–H and O–H groups in total. The second-order valence-corrected chi connectivity index (χ2v) is 5.68. The molecule has 0 saturated heterocycles. The zero-order chi connectivity index (χ0) is 18.1. The van der Waals surface area contributed by atoms with Gasteiger partial charge in [-0.2, -0.15) is 0 Å². The predicted molar refractivity (Wildman–Crippen MR) is 95.0 cm³/mol. The van der Waals surface area contributed by atoms with Crippen molar-refractivity contribution < 1.29 is 14.3 Å². The Hall–Kier alpha value is -2.89. The predicted octanol–water partition coefficient (Wildman–Crippen LogP) is 1.80. The Morgan fingerprint density at radius 1 is 1.16 bits per heavy atom. The van der Waals surface area contributed by atoms with E-state index in [0.717, 1.165) is 16.9 Å². The van der Waals surface area contributed by atoms with Gasteiger partial charge in [0, 0.05) is 32.4 Å². The van der Waals surface area contributed by atoms with Crippen molar-refractivity contribution in [3.63, 3.8) is 0 Å². The van der Waals surface area contributed by atoms with Crippen LogP contribution in [0.1, 0.15) is 18.1 Å². The van der Waals surface area contributed by atoms with E-state index >= 15 is 0 Å². The number of hydrogen-bond donors (Lipinski definition) is 1. The first kappa shape index (κ1) is 18.4. The minimum absolute atomic E-state index is 0.0474. The van der Waals surface area contributed by atoms with Crippen LogP contribution in [0, 0.1) is 0 Å². The summed E-state index contributed by atoms with van der Waals surface area (Å²) >= 11 is 0. The van der Waals surface area contributed by atoms with Crippen LogP contribution in [0.3, 0.4) is 0 Å². The molecule has 2 amide bonds. The second-order valence-electron chi connectivity index (χ2n) is 5.68. The highest BCUT2D eigenvalue weighted by atomic mass is 16.5. The lowest BCUT2D eigenvalue weighted by Gasteiger charge is -2.20. The van der Waals surface area contributed by atoms with E-state index in [9.17, 15) is 9.59 Å². The molecule has 0 aliphatic heterocycles. The summed E-state index contributed by atoms with van der Waals surface area (Å²) in [6, 6.07) is 11.4. The number of ether oxygens (including phenoxy) is 1. The Bertz CT molecular complexity index is 687. The van der Waals surface area contributed by atoms with Crippen LogP contribution in [0.4, 0.5) is 0 Å². The normalized spacial score (nSPS) is 10.2. The van der Waals surface area contributed by atoms with Crippen LogP contribution >= 0.6 is 0 Å². The average Bonchev–Trinajstić information content (AvgIpc) is 2.64. The first-order valence-electron chi connectivity index (χ1n) is 8.12. The lowest BCUT2D eigenvalue weighted by atomic mass is 10.1. The molecule has 0 saturated carbocycles. The highest BCUT2D eigenvalue weighted by Crippen LogP contribution is 2.12. The van der Waals surface area contributed by atoms with Crippen molar-refractivity contribution >= 4 is 11.8 Å². The van der Waals surface area contributed by atoms with Crippen molar-refractivity contribution in [1.29, 1.82) is 0 Å². The van der Waals surface area contributed by atoms with Gasteiger partial charge in [0.2, 0.25) is 11.8 Å². The van der Waals surface area contributed by atoms with Crippen molar-refractivity contribution in [2.75, 3.05) is 20.2 Å². The van der Waals surface area contributed by atoms with Crippen LogP contribution in [0.15, 0.2) is 48.8 Å². The number of hydrogen-bond acceptors (Lipinski definition) is 4. The summed E-state index contributed by atoms with van der Waals surface area (Å²) in [5, 5.41) is 2.81. The number of methoxy groups -OCH3 is 1. The lowest BCUT2D eigenvalue weighted by molar-refractivity contribution is -0.134. The van der Waals surface area contributed by atoms with E-state index in [0.29, 0.717) is 19.5 Å². The zero-order valence-corrected chi connectivity index (χ0v) is 14.6. The van der Waals surface area contributed by atoms with Crippen LogP contribution in [0.2, 0.25) is 0 Å². The van der Waals surface area contributed by atoms with Crippen LogP contribution in [-0.2, 0) is 22.6 Å². The topological polar surface area (TPSA) is 71.5 Å². The molecule has 6 nitrogen and oxygen atoms in total. The third-order valence-corrected chi connectivity index (χ3v) is 3.82. The number of rotatable bonds is 8. The fraction of sp³-hybridized carbons (Fsp3) is 0.316. The molecule has 0 spiro atoms. The molecule has 0 atom stereocenters. The number of benzene rings is 1. The largest absolute Gasteiger partial charge is 0.497 e. The molecule has 0 aliphatic rings. The number of carbonyl (C=O) groups is 2. The van der Waals surface area contributed by atoms with Crippen molar-refractivity contribution in [2.24, 2.45) is 0 Å². The smallest absolute Gasteiger partial charge is 0.239 e. The van der Waals surface area contributed by atoms with Gasteiger partial charge in [-0.3, -0.25) is 14.6 Å². The third-order valence-electron chi connectivity index (χ3n) is 3.82. The molecular weight excluding hydrogens is 318 g/mol. The molecule has 0 bridgehead atoms. The summed E-state index contributed by atoms with van der Waals surface area (Å²) in [5.74, 6) is 0.487.